The molecule has 2 aromatic carbocycles. The van der Waals surface area contributed by atoms with Gasteiger partial charge in [0.25, 0.3) is 6.01 Å². The number of benzene rings is 2. The van der Waals surface area contributed by atoms with Crippen LogP contribution in [0.15, 0.2) is 53.1 Å². The number of halogens is 1. The second-order valence-corrected chi connectivity index (χ2v) is 6.11. The topological polar surface area (TPSA) is 47.3 Å². The van der Waals surface area contributed by atoms with Gasteiger partial charge in [-0.25, -0.2) is 4.98 Å². The minimum absolute atomic E-state index is 0.442. The van der Waals surface area contributed by atoms with E-state index in [9.17, 15) is 0 Å². The molecule has 3 rings (SSSR count). The van der Waals surface area contributed by atoms with E-state index in [1.807, 2.05) is 43.3 Å². The van der Waals surface area contributed by atoms with Crippen LogP contribution in [0.5, 0.6) is 5.75 Å². The van der Waals surface area contributed by atoms with E-state index in [4.69, 9.17) is 9.15 Å². The van der Waals surface area contributed by atoms with Crippen LogP contribution < -0.4 is 10.1 Å². The molecule has 0 bridgehead atoms. The highest BCUT2D eigenvalue weighted by Gasteiger charge is 2.09. The van der Waals surface area contributed by atoms with E-state index in [-0.39, 0.29) is 0 Å². The number of aromatic nitrogens is 1. The van der Waals surface area contributed by atoms with Crippen molar-refractivity contribution in [2.75, 3.05) is 12.4 Å². The molecule has 0 saturated carbocycles. The van der Waals surface area contributed by atoms with Crippen LogP contribution in [0.25, 0.3) is 11.3 Å². The van der Waals surface area contributed by atoms with Crippen LogP contribution in [-0.4, -0.2) is 12.1 Å². The second kappa shape index (κ2) is 6.39. The van der Waals surface area contributed by atoms with Crippen LogP contribution in [-0.2, 0) is 0 Å². The van der Waals surface area contributed by atoms with E-state index < -0.39 is 0 Å². The molecule has 112 valence electrons. The summed E-state index contributed by atoms with van der Waals surface area (Å²) in [5, 5.41) is 3.16. The predicted molar refractivity (Wildman–Crippen MR) is 95.7 cm³/mol. The Labute approximate surface area is 142 Å². The molecule has 0 spiro atoms. The highest BCUT2D eigenvalue weighted by molar-refractivity contribution is 14.1. The smallest absolute Gasteiger partial charge is 0.299 e. The summed E-state index contributed by atoms with van der Waals surface area (Å²) in [7, 11) is 1.64. The summed E-state index contributed by atoms with van der Waals surface area (Å²) < 4.78 is 12.3. The van der Waals surface area contributed by atoms with Crippen molar-refractivity contribution < 1.29 is 9.15 Å². The molecule has 0 aliphatic carbocycles. The Morgan fingerprint density at radius 3 is 2.82 bits per heavy atom. The molecule has 0 aliphatic rings. The van der Waals surface area contributed by atoms with Crippen LogP contribution in [0.1, 0.15) is 5.56 Å². The van der Waals surface area contributed by atoms with Gasteiger partial charge in [-0.3, -0.25) is 0 Å². The Morgan fingerprint density at radius 2 is 2.05 bits per heavy atom. The molecule has 0 aliphatic heterocycles. The summed E-state index contributed by atoms with van der Waals surface area (Å²) in [5.74, 6) is 1.48. The van der Waals surface area contributed by atoms with Gasteiger partial charge in [-0.2, -0.15) is 0 Å². The predicted octanol–water partition coefficient (Wildman–Crippen LogP) is 5.01. The van der Waals surface area contributed by atoms with Crippen molar-refractivity contribution in [1.82, 2.24) is 4.98 Å². The zero-order valence-corrected chi connectivity index (χ0v) is 14.4. The number of anilines is 2. The highest BCUT2D eigenvalue weighted by atomic mass is 127. The molecule has 0 amide bonds. The highest BCUT2D eigenvalue weighted by Crippen LogP contribution is 2.30. The summed E-state index contributed by atoms with van der Waals surface area (Å²) in [6, 6.07) is 14.4. The average molecular weight is 406 g/mol. The summed E-state index contributed by atoms with van der Waals surface area (Å²) >= 11 is 2.28. The number of aryl methyl sites for hydroxylation is 1. The van der Waals surface area contributed by atoms with Gasteiger partial charge in [0, 0.05) is 9.13 Å². The van der Waals surface area contributed by atoms with Crippen LogP contribution in [0, 0.1) is 10.5 Å². The fourth-order valence-corrected chi connectivity index (χ4v) is 2.68. The third-order valence-corrected chi connectivity index (χ3v) is 3.88. The van der Waals surface area contributed by atoms with E-state index >= 15 is 0 Å². The van der Waals surface area contributed by atoms with Gasteiger partial charge >= 0.3 is 0 Å². The van der Waals surface area contributed by atoms with Gasteiger partial charge in [0.1, 0.15) is 5.75 Å². The molecule has 5 heteroatoms. The number of rotatable bonds is 4. The van der Waals surface area contributed by atoms with Crippen molar-refractivity contribution in [3.63, 3.8) is 0 Å². The maximum absolute atomic E-state index is 5.79. The van der Waals surface area contributed by atoms with Gasteiger partial charge in [-0.05, 0) is 59.3 Å². The van der Waals surface area contributed by atoms with Crippen molar-refractivity contribution in [3.05, 3.63) is 57.8 Å². The third kappa shape index (κ3) is 3.24. The van der Waals surface area contributed by atoms with Gasteiger partial charge < -0.3 is 14.5 Å². The van der Waals surface area contributed by atoms with Crippen LogP contribution in [0.3, 0.4) is 0 Å². The first kappa shape index (κ1) is 14.9. The lowest BCUT2D eigenvalue weighted by molar-refractivity contribution is 0.416. The molecule has 0 saturated heterocycles. The number of hydrogen-bond acceptors (Lipinski definition) is 4. The molecule has 1 N–H and O–H groups in total. The Bertz CT molecular complexity index is 799. The molecule has 0 unspecified atom stereocenters. The average Bonchev–Trinajstić information content (AvgIpc) is 2.96. The lowest BCUT2D eigenvalue weighted by atomic mass is 10.2. The zero-order valence-electron chi connectivity index (χ0n) is 12.3. The molecule has 0 radical (unpaired) electrons. The van der Waals surface area contributed by atoms with Gasteiger partial charge in [-0.15, -0.1) is 0 Å². The summed E-state index contributed by atoms with van der Waals surface area (Å²) in [6.07, 6.45) is 1.72. The normalized spacial score (nSPS) is 10.5. The Hall–Kier alpha value is -2.02. The molecule has 4 nitrogen and oxygen atoms in total. The first-order chi connectivity index (χ1) is 10.7. The molecule has 0 fully saturated rings. The Kier molecular flexibility index (Phi) is 4.33. The molecule has 1 heterocycles. The summed E-state index contributed by atoms with van der Waals surface area (Å²) in [6.45, 7) is 2.03. The number of methoxy groups -OCH3 is 1. The minimum atomic E-state index is 0.442. The van der Waals surface area contributed by atoms with E-state index in [1.165, 1.54) is 0 Å². The second-order valence-electron chi connectivity index (χ2n) is 4.87. The minimum Gasteiger partial charge on any atom is -0.495 e. The van der Waals surface area contributed by atoms with E-state index in [2.05, 4.69) is 39.0 Å². The third-order valence-electron chi connectivity index (χ3n) is 3.21. The molecule has 3 aromatic rings. The maximum atomic E-state index is 5.79. The number of hydrogen-bond donors (Lipinski definition) is 1. The lowest BCUT2D eigenvalue weighted by Gasteiger charge is -2.09. The van der Waals surface area contributed by atoms with Gasteiger partial charge in [-0.1, -0.05) is 18.2 Å². The standard InChI is InChI=1S/C17H15IN2O2/c1-11-6-7-15(21-2)14(8-11)20-17-19-10-16(22-17)12-4-3-5-13(18)9-12/h3-10H,1-2H3,(H,19,20). The van der Waals surface area contributed by atoms with Gasteiger partial charge in [0.05, 0.1) is 19.0 Å². The monoisotopic (exact) mass is 406 g/mol. The fourth-order valence-electron chi connectivity index (χ4n) is 2.14. The molecule has 1 aromatic heterocycles. The number of oxazole rings is 1. The maximum Gasteiger partial charge on any atom is 0.299 e. The van der Waals surface area contributed by atoms with Crippen molar-refractivity contribution in [2.45, 2.75) is 6.92 Å². The van der Waals surface area contributed by atoms with Crippen molar-refractivity contribution in [3.8, 4) is 17.1 Å². The number of nitrogens with zero attached hydrogens (tertiary/aromatic N) is 1. The molecular formula is C17H15IN2O2. The van der Waals surface area contributed by atoms with Crippen LogP contribution >= 0.6 is 22.6 Å². The van der Waals surface area contributed by atoms with E-state index in [1.54, 1.807) is 13.3 Å². The van der Waals surface area contributed by atoms with E-state index in [0.29, 0.717) is 6.01 Å². The Morgan fingerprint density at radius 1 is 1.18 bits per heavy atom. The first-order valence-corrected chi connectivity index (χ1v) is 7.87. The van der Waals surface area contributed by atoms with Gasteiger partial charge in [0.2, 0.25) is 0 Å². The Balaban J connectivity index is 1.87. The number of ether oxygens (including phenoxy) is 1. The van der Waals surface area contributed by atoms with E-state index in [0.717, 1.165) is 31.9 Å². The molecular weight excluding hydrogens is 391 g/mol. The van der Waals surface area contributed by atoms with Gasteiger partial charge in [0.15, 0.2) is 5.76 Å². The fraction of sp³-hybridized carbons (Fsp3) is 0.118. The summed E-state index contributed by atoms with van der Waals surface area (Å²) in [4.78, 5) is 4.29. The molecule has 22 heavy (non-hydrogen) atoms. The zero-order chi connectivity index (χ0) is 15.5. The first-order valence-electron chi connectivity index (χ1n) is 6.79. The van der Waals surface area contributed by atoms with Crippen molar-refractivity contribution >= 4 is 34.3 Å². The van der Waals surface area contributed by atoms with Crippen LogP contribution in [0.2, 0.25) is 0 Å². The number of nitrogens with one attached hydrogen (secondary N) is 1. The summed E-state index contributed by atoms with van der Waals surface area (Å²) in [5.41, 5.74) is 2.97. The SMILES string of the molecule is COc1ccc(C)cc1Nc1ncc(-c2cccc(I)c2)o1. The van der Waals surface area contributed by atoms with Crippen molar-refractivity contribution in [2.24, 2.45) is 0 Å². The molecule has 0 atom stereocenters. The lowest BCUT2D eigenvalue weighted by Crippen LogP contribution is -1.95. The van der Waals surface area contributed by atoms with Crippen LogP contribution in [0.4, 0.5) is 11.7 Å². The largest absolute Gasteiger partial charge is 0.495 e. The quantitative estimate of drug-likeness (QED) is 0.619. The van der Waals surface area contributed by atoms with Crippen molar-refractivity contribution in [1.29, 1.82) is 0 Å².